The van der Waals surface area contributed by atoms with E-state index in [9.17, 15) is 4.79 Å². The molecule has 1 aromatic carbocycles. The molecule has 1 aliphatic rings. The van der Waals surface area contributed by atoms with Gasteiger partial charge in [-0.15, -0.1) is 0 Å². The summed E-state index contributed by atoms with van der Waals surface area (Å²) in [4.78, 5) is 10.8. The normalized spacial score (nSPS) is 16.8. The summed E-state index contributed by atoms with van der Waals surface area (Å²) >= 11 is 0. The Morgan fingerprint density at radius 1 is 1.56 bits per heavy atom. The van der Waals surface area contributed by atoms with Gasteiger partial charge in [-0.05, 0) is 43.9 Å². The van der Waals surface area contributed by atoms with Crippen molar-refractivity contribution in [2.75, 3.05) is 11.1 Å². The fraction of sp³-hybridized carbons (Fsp3) is 0.417. The molecule has 4 nitrogen and oxygen atoms in total. The number of hydrogen-bond acceptors (Lipinski definition) is 3. The molecule has 0 radical (unpaired) electrons. The standard InChI is InChI=1S/C12H16N2O2/c1-7(8-2-3-8)14-11-6-9(12(15)16)4-5-10(11)13/h4-8,14H,2-3,13H2,1H3,(H,15,16)/t7-/m1/s1. The Balaban J connectivity index is 2.17. The SMILES string of the molecule is C[C@@H](Nc1cc(C(=O)O)ccc1N)C1CC1. The van der Waals surface area contributed by atoms with Gasteiger partial charge in [-0.25, -0.2) is 4.79 Å². The lowest BCUT2D eigenvalue weighted by Crippen LogP contribution is -2.18. The summed E-state index contributed by atoms with van der Waals surface area (Å²) in [5.74, 6) is -0.227. The first-order chi connectivity index (χ1) is 7.58. The summed E-state index contributed by atoms with van der Waals surface area (Å²) in [7, 11) is 0. The van der Waals surface area contributed by atoms with Crippen LogP contribution in [0.3, 0.4) is 0 Å². The Hall–Kier alpha value is -1.71. The van der Waals surface area contributed by atoms with Crippen molar-refractivity contribution in [1.29, 1.82) is 0 Å². The van der Waals surface area contributed by atoms with Crippen LogP contribution >= 0.6 is 0 Å². The van der Waals surface area contributed by atoms with Crippen LogP contribution in [-0.4, -0.2) is 17.1 Å². The molecule has 4 N–H and O–H groups in total. The first kappa shape index (κ1) is 10.8. The molecule has 16 heavy (non-hydrogen) atoms. The molecule has 0 heterocycles. The molecule has 2 rings (SSSR count). The molecule has 1 fully saturated rings. The van der Waals surface area contributed by atoms with Crippen molar-refractivity contribution in [1.82, 2.24) is 0 Å². The van der Waals surface area contributed by atoms with Crippen LogP contribution in [0.2, 0.25) is 0 Å². The second-order valence-corrected chi connectivity index (χ2v) is 4.38. The highest BCUT2D eigenvalue weighted by atomic mass is 16.4. The van der Waals surface area contributed by atoms with Gasteiger partial charge >= 0.3 is 5.97 Å². The van der Waals surface area contributed by atoms with E-state index in [4.69, 9.17) is 10.8 Å². The highest BCUT2D eigenvalue weighted by molar-refractivity contribution is 5.90. The molecule has 0 amide bonds. The topological polar surface area (TPSA) is 75.3 Å². The molecule has 0 spiro atoms. The van der Waals surface area contributed by atoms with Gasteiger partial charge in [0, 0.05) is 6.04 Å². The molecule has 1 atom stereocenters. The van der Waals surface area contributed by atoms with Gasteiger partial charge in [0.2, 0.25) is 0 Å². The predicted octanol–water partition coefficient (Wildman–Crippen LogP) is 2.18. The monoisotopic (exact) mass is 220 g/mol. The average Bonchev–Trinajstić information content (AvgIpc) is 3.04. The first-order valence-corrected chi connectivity index (χ1v) is 5.47. The zero-order valence-electron chi connectivity index (χ0n) is 9.23. The number of nitrogens with two attached hydrogens (primary N) is 1. The third kappa shape index (κ3) is 2.27. The lowest BCUT2D eigenvalue weighted by molar-refractivity contribution is 0.0697. The Morgan fingerprint density at radius 2 is 2.25 bits per heavy atom. The maximum absolute atomic E-state index is 10.8. The number of carbonyl (C=O) groups is 1. The second kappa shape index (κ2) is 4.04. The van der Waals surface area contributed by atoms with Crippen molar-refractivity contribution in [3.63, 3.8) is 0 Å². The van der Waals surface area contributed by atoms with Crippen molar-refractivity contribution in [3.05, 3.63) is 23.8 Å². The summed E-state index contributed by atoms with van der Waals surface area (Å²) in [6.07, 6.45) is 2.49. The van der Waals surface area contributed by atoms with Crippen LogP contribution < -0.4 is 11.1 Å². The van der Waals surface area contributed by atoms with E-state index in [1.54, 1.807) is 12.1 Å². The van der Waals surface area contributed by atoms with Gasteiger partial charge in [0.15, 0.2) is 0 Å². The fourth-order valence-corrected chi connectivity index (χ4v) is 1.77. The van der Waals surface area contributed by atoms with Gasteiger partial charge in [-0.1, -0.05) is 0 Å². The smallest absolute Gasteiger partial charge is 0.335 e. The van der Waals surface area contributed by atoms with Gasteiger partial charge in [0.05, 0.1) is 16.9 Å². The van der Waals surface area contributed by atoms with E-state index < -0.39 is 5.97 Å². The Morgan fingerprint density at radius 3 is 2.81 bits per heavy atom. The molecular formula is C12H16N2O2. The third-order valence-electron chi connectivity index (χ3n) is 3.01. The number of anilines is 2. The fourth-order valence-electron chi connectivity index (χ4n) is 1.77. The lowest BCUT2D eigenvalue weighted by Gasteiger charge is -2.16. The number of benzene rings is 1. The van der Waals surface area contributed by atoms with E-state index in [1.165, 1.54) is 18.9 Å². The number of nitrogen functional groups attached to an aromatic ring is 1. The highest BCUT2D eigenvalue weighted by Crippen LogP contribution is 2.34. The molecule has 1 saturated carbocycles. The number of rotatable bonds is 4. The zero-order chi connectivity index (χ0) is 11.7. The van der Waals surface area contributed by atoms with E-state index in [-0.39, 0.29) is 5.56 Å². The van der Waals surface area contributed by atoms with Crippen LogP contribution in [0.4, 0.5) is 11.4 Å². The third-order valence-corrected chi connectivity index (χ3v) is 3.01. The van der Waals surface area contributed by atoms with Crippen molar-refractivity contribution >= 4 is 17.3 Å². The van der Waals surface area contributed by atoms with Crippen LogP contribution in [0.25, 0.3) is 0 Å². The molecule has 1 aromatic rings. The largest absolute Gasteiger partial charge is 0.478 e. The van der Waals surface area contributed by atoms with E-state index in [1.807, 2.05) is 0 Å². The molecule has 0 bridgehead atoms. The predicted molar refractivity (Wildman–Crippen MR) is 63.6 cm³/mol. The lowest BCUT2D eigenvalue weighted by atomic mass is 10.1. The minimum atomic E-state index is -0.929. The Labute approximate surface area is 94.5 Å². The van der Waals surface area contributed by atoms with Gasteiger partial charge in [0.25, 0.3) is 0 Å². The van der Waals surface area contributed by atoms with E-state index >= 15 is 0 Å². The van der Waals surface area contributed by atoms with E-state index in [2.05, 4.69) is 12.2 Å². The second-order valence-electron chi connectivity index (χ2n) is 4.38. The molecule has 0 unspecified atom stereocenters. The number of carboxylic acids is 1. The van der Waals surface area contributed by atoms with Crippen LogP contribution in [-0.2, 0) is 0 Å². The summed E-state index contributed by atoms with van der Waals surface area (Å²) in [6, 6.07) is 5.10. The number of aromatic carboxylic acids is 1. The molecule has 1 aliphatic carbocycles. The summed E-state index contributed by atoms with van der Waals surface area (Å²) in [5, 5.41) is 12.2. The van der Waals surface area contributed by atoms with Gasteiger partial charge in [-0.2, -0.15) is 0 Å². The molecule has 0 aliphatic heterocycles. The van der Waals surface area contributed by atoms with Crippen LogP contribution in [0.5, 0.6) is 0 Å². The van der Waals surface area contributed by atoms with Crippen LogP contribution in [0.1, 0.15) is 30.1 Å². The van der Waals surface area contributed by atoms with E-state index in [0.29, 0.717) is 17.6 Å². The quantitative estimate of drug-likeness (QED) is 0.680. The molecular weight excluding hydrogens is 204 g/mol. The van der Waals surface area contributed by atoms with Crippen molar-refractivity contribution < 1.29 is 9.90 Å². The van der Waals surface area contributed by atoms with Gasteiger partial charge < -0.3 is 16.2 Å². The Bertz CT molecular complexity index is 413. The number of hydrogen-bond donors (Lipinski definition) is 3. The molecule has 0 aromatic heterocycles. The minimum absolute atomic E-state index is 0.264. The number of nitrogens with one attached hydrogen (secondary N) is 1. The minimum Gasteiger partial charge on any atom is -0.478 e. The van der Waals surface area contributed by atoms with Crippen molar-refractivity contribution in [2.24, 2.45) is 5.92 Å². The zero-order valence-corrected chi connectivity index (χ0v) is 9.23. The molecule has 86 valence electrons. The Kier molecular flexibility index (Phi) is 2.73. The van der Waals surface area contributed by atoms with Crippen molar-refractivity contribution in [2.45, 2.75) is 25.8 Å². The highest BCUT2D eigenvalue weighted by Gasteiger charge is 2.28. The van der Waals surface area contributed by atoms with Gasteiger partial charge in [0.1, 0.15) is 0 Å². The summed E-state index contributed by atoms with van der Waals surface area (Å²) in [6.45, 7) is 2.10. The maximum Gasteiger partial charge on any atom is 0.335 e. The summed E-state index contributed by atoms with van der Waals surface area (Å²) < 4.78 is 0. The maximum atomic E-state index is 10.8. The summed E-state index contributed by atoms with van der Waals surface area (Å²) in [5.41, 5.74) is 7.38. The van der Waals surface area contributed by atoms with Crippen molar-refractivity contribution in [3.8, 4) is 0 Å². The molecule has 0 saturated heterocycles. The van der Waals surface area contributed by atoms with E-state index in [0.717, 1.165) is 5.69 Å². The van der Waals surface area contributed by atoms with Crippen LogP contribution in [0, 0.1) is 5.92 Å². The molecule has 4 heteroatoms. The first-order valence-electron chi connectivity index (χ1n) is 5.47. The van der Waals surface area contributed by atoms with Gasteiger partial charge in [-0.3, -0.25) is 0 Å². The van der Waals surface area contributed by atoms with Crippen LogP contribution in [0.15, 0.2) is 18.2 Å². The average molecular weight is 220 g/mol. The number of carboxylic acid groups (broad SMARTS) is 1.